The molecule has 1 aromatic heterocycles. The van der Waals surface area contributed by atoms with Crippen molar-refractivity contribution in [1.82, 2.24) is 19.9 Å². The molecule has 7 nitrogen and oxygen atoms in total. The highest BCUT2D eigenvalue weighted by Crippen LogP contribution is 2.33. The van der Waals surface area contributed by atoms with Gasteiger partial charge in [0.2, 0.25) is 5.91 Å². The fourth-order valence-corrected chi connectivity index (χ4v) is 4.28. The summed E-state index contributed by atoms with van der Waals surface area (Å²) in [6, 6.07) is 1.80. The predicted molar refractivity (Wildman–Crippen MR) is 100 cm³/mol. The number of likely N-dealkylation sites (tertiary alicyclic amines) is 2. The molecule has 1 saturated carbocycles. The van der Waals surface area contributed by atoms with Crippen LogP contribution in [0.15, 0.2) is 10.6 Å². The monoisotopic (exact) mass is 374 g/mol. The first kappa shape index (κ1) is 18.5. The van der Waals surface area contributed by atoms with Gasteiger partial charge < -0.3 is 19.2 Å². The molecule has 3 heterocycles. The van der Waals surface area contributed by atoms with Crippen molar-refractivity contribution in [2.24, 2.45) is 5.92 Å². The molecule has 0 aromatic carbocycles. The zero-order chi connectivity index (χ0) is 18.8. The number of piperidine rings is 1. The molecule has 0 spiro atoms. The molecule has 3 fully saturated rings. The maximum Gasteiger partial charge on any atom is 0.276 e. The van der Waals surface area contributed by atoms with Gasteiger partial charge in [-0.3, -0.25) is 9.59 Å². The van der Waals surface area contributed by atoms with Crippen LogP contribution in [0, 0.1) is 12.8 Å². The summed E-state index contributed by atoms with van der Waals surface area (Å²) in [5, 5.41) is 3.85. The molecule has 0 N–H and O–H groups in total. The number of carbonyl (C=O) groups excluding carboxylic acids is 2. The zero-order valence-corrected chi connectivity index (χ0v) is 16.2. The predicted octanol–water partition coefficient (Wildman–Crippen LogP) is 1.92. The molecular formula is C20H30N4O3. The molecule has 1 aliphatic carbocycles. The Kier molecular flexibility index (Phi) is 5.48. The van der Waals surface area contributed by atoms with Gasteiger partial charge in [0.1, 0.15) is 5.76 Å². The van der Waals surface area contributed by atoms with Gasteiger partial charge in [0.15, 0.2) is 5.69 Å². The fraction of sp³-hybridized carbons (Fsp3) is 0.750. The molecule has 7 heteroatoms. The van der Waals surface area contributed by atoms with E-state index in [1.807, 2.05) is 4.90 Å². The van der Waals surface area contributed by atoms with Gasteiger partial charge in [-0.25, -0.2) is 0 Å². The fourth-order valence-electron chi connectivity index (χ4n) is 4.28. The van der Waals surface area contributed by atoms with E-state index < -0.39 is 0 Å². The molecule has 1 atom stereocenters. The van der Waals surface area contributed by atoms with E-state index in [9.17, 15) is 9.59 Å². The number of amides is 2. The molecule has 4 rings (SSSR count). The average molecular weight is 374 g/mol. The van der Waals surface area contributed by atoms with Gasteiger partial charge >= 0.3 is 0 Å². The Morgan fingerprint density at radius 3 is 2.63 bits per heavy atom. The lowest BCUT2D eigenvalue weighted by Gasteiger charge is -2.33. The SMILES string of the molecule is Cc1cc(C(=O)N2CCC(N(CCN3CCCCC3)C(=O)C3CC3)C2)no1. The van der Waals surface area contributed by atoms with Gasteiger partial charge in [-0.15, -0.1) is 0 Å². The second-order valence-corrected chi connectivity index (χ2v) is 8.22. The summed E-state index contributed by atoms with van der Waals surface area (Å²) in [6.07, 6.45) is 6.74. The third kappa shape index (κ3) is 4.34. The lowest BCUT2D eigenvalue weighted by atomic mass is 10.1. The highest BCUT2D eigenvalue weighted by molar-refractivity contribution is 5.92. The summed E-state index contributed by atoms with van der Waals surface area (Å²) >= 11 is 0. The third-order valence-electron chi connectivity index (χ3n) is 6.05. The van der Waals surface area contributed by atoms with Crippen LogP contribution in [0.4, 0.5) is 0 Å². The molecule has 2 saturated heterocycles. The molecule has 1 unspecified atom stereocenters. The standard InChI is InChI=1S/C20H30N4O3/c1-15-13-18(21-27-15)20(26)23-10-7-17(14-23)24(19(25)16-5-6-16)12-11-22-8-3-2-4-9-22/h13,16-17H,2-12,14H2,1H3. The minimum absolute atomic E-state index is 0.0933. The molecule has 0 radical (unpaired) electrons. The average Bonchev–Trinajstić information content (AvgIpc) is 3.27. The van der Waals surface area contributed by atoms with Crippen molar-refractivity contribution in [3.05, 3.63) is 17.5 Å². The van der Waals surface area contributed by atoms with E-state index in [1.54, 1.807) is 13.0 Å². The van der Waals surface area contributed by atoms with Gasteiger partial charge in [-0.2, -0.15) is 0 Å². The van der Waals surface area contributed by atoms with Gasteiger partial charge in [0, 0.05) is 38.2 Å². The molecule has 2 aliphatic heterocycles. The molecule has 2 amide bonds. The highest BCUT2D eigenvalue weighted by Gasteiger charge is 2.39. The Morgan fingerprint density at radius 1 is 1.19 bits per heavy atom. The van der Waals surface area contributed by atoms with Crippen molar-refractivity contribution in [1.29, 1.82) is 0 Å². The lowest BCUT2D eigenvalue weighted by molar-refractivity contribution is -0.135. The minimum Gasteiger partial charge on any atom is -0.361 e. The van der Waals surface area contributed by atoms with Crippen LogP contribution in [0.5, 0.6) is 0 Å². The Bertz CT molecular complexity index is 679. The summed E-state index contributed by atoms with van der Waals surface area (Å²) in [4.78, 5) is 31.9. The van der Waals surface area contributed by atoms with E-state index in [0.717, 1.165) is 45.4 Å². The number of carbonyl (C=O) groups is 2. The van der Waals surface area contributed by atoms with Crippen LogP contribution < -0.4 is 0 Å². The van der Waals surface area contributed by atoms with E-state index in [-0.39, 0.29) is 17.9 Å². The largest absolute Gasteiger partial charge is 0.361 e. The van der Waals surface area contributed by atoms with E-state index in [2.05, 4.69) is 15.0 Å². The van der Waals surface area contributed by atoms with Crippen molar-refractivity contribution in [2.75, 3.05) is 39.3 Å². The molecule has 3 aliphatic rings. The van der Waals surface area contributed by atoms with Gasteiger partial charge in [-0.05, 0) is 52.1 Å². The topological polar surface area (TPSA) is 69.9 Å². The molecule has 0 bridgehead atoms. The van der Waals surface area contributed by atoms with Crippen molar-refractivity contribution < 1.29 is 14.1 Å². The van der Waals surface area contributed by atoms with E-state index in [1.165, 1.54) is 19.3 Å². The smallest absolute Gasteiger partial charge is 0.276 e. The number of hydrogen-bond donors (Lipinski definition) is 0. The minimum atomic E-state index is -0.0933. The number of aryl methyl sites for hydroxylation is 1. The zero-order valence-electron chi connectivity index (χ0n) is 16.2. The van der Waals surface area contributed by atoms with Crippen LogP contribution >= 0.6 is 0 Å². The maximum atomic E-state index is 12.9. The van der Waals surface area contributed by atoms with Crippen LogP contribution in [0.3, 0.4) is 0 Å². The quantitative estimate of drug-likeness (QED) is 0.761. The summed E-state index contributed by atoms with van der Waals surface area (Å²) < 4.78 is 5.04. The number of rotatable bonds is 6. The van der Waals surface area contributed by atoms with Gasteiger partial charge in [0.05, 0.1) is 6.04 Å². The third-order valence-corrected chi connectivity index (χ3v) is 6.05. The van der Waals surface area contributed by atoms with Crippen LogP contribution in [-0.4, -0.2) is 77.0 Å². The Labute approximate surface area is 160 Å². The molecule has 148 valence electrons. The molecule has 27 heavy (non-hydrogen) atoms. The second-order valence-electron chi connectivity index (χ2n) is 8.22. The van der Waals surface area contributed by atoms with Gasteiger partial charge in [0.25, 0.3) is 5.91 Å². The van der Waals surface area contributed by atoms with Gasteiger partial charge in [-0.1, -0.05) is 11.6 Å². The summed E-state index contributed by atoms with van der Waals surface area (Å²) in [5.41, 5.74) is 0.363. The number of aromatic nitrogens is 1. The molecular weight excluding hydrogens is 344 g/mol. The molecule has 1 aromatic rings. The van der Waals surface area contributed by atoms with E-state index in [0.29, 0.717) is 30.5 Å². The number of hydrogen-bond acceptors (Lipinski definition) is 5. The van der Waals surface area contributed by atoms with Crippen LogP contribution in [0.1, 0.15) is 54.8 Å². The Balaban J connectivity index is 1.38. The Hall–Kier alpha value is -1.89. The van der Waals surface area contributed by atoms with Crippen molar-refractivity contribution in [2.45, 2.75) is 51.5 Å². The summed E-state index contributed by atoms with van der Waals surface area (Å²) in [5.74, 6) is 1.06. The van der Waals surface area contributed by atoms with Crippen LogP contribution in [0.2, 0.25) is 0 Å². The van der Waals surface area contributed by atoms with Crippen molar-refractivity contribution in [3.63, 3.8) is 0 Å². The van der Waals surface area contributed by atoms with E-state index in [4.69, 9.17) is 4.52 Å². The summed E-state index contributed by atoms with van der Waals surface area (Å²) in [6.45, 7) is 7.08. The number of nitrogens with zero attached hydrogens (tertiary/aromatic N) is 4. The first-order valence-electron chi connectivity index (χ1n) is 10.4. The highest BCUT2D eigenvalue weighted by atomic mass is 16.5. The van der Waals surface area contributed by atoms with Crippen molar-refractivity contribution in [3.8, 4) is 0 Å². The first-order chi connectivity index (χ1) is 13.1. The summed E-state index contributed by atoms with van der Waals surface area (Å²) in [7, 11) is 0. The first-order valence-corrected chi connectivity index (χ1v) is 10.4. The Morgan fingerprint density at radius 2 is 1.96 bits per heavy atom. The van der Waals surface area contributed by atoms with Crippen LogP contribution in [-0.2, 0) is 4.79 Å². The second kappa shape index (κ2) is 8.00. The lowest BCUT2D eigenvalue weighted by Crippen LogP contribution is -2.47. The van der Waals surface area contributed by atoms with Crippen LogP contribution in [0.25, 0.3) is 0 Å². The van der Waals surface area contributed by atoms with Crippen molar-refractivity contribution >= 4 is 11.8 Å². The van der Waals surface area contributed by atoms with E-state index >= 15 is 0 Å². The maximum absolute atomic E-state index is 12.9. The normalized spacial score (nSPS) is 23.6.